The zero-order valence-electron chi connectivity index (χ0n) is 11.4. The summed E-state index contributed by atoms with van der Waals surface area (Å²) in [5.41, 5.74) is 1.60. The molecule has 1 saturated heterocycles. The highest BCUT2D eigenvalue weighted by molar-refractivity contribution is 7.91. The van der Waals surface area contributed by atoms with Crippen LogP contribution in [0.4, 0.5) is 0 Å². The van der Waals surface area contributed by atoms with Crippen LogP contribution in [0.5, 0.6) is 0 Å². The van der Waals surface area contributed by atoms with Crippen LogP contribution in [0.1, 0.15) is 41.2 Å². The topological polar surface area (TPSA) is 67.3 Å². The van der Waals surface area contributed by atoms with E-state index in [0.29, 0.717) is 31.0 Å². The number of hydrogen-bond acceptors (Lipinski definition) is 4. The summed E-state index contributed by atoms with van der Waals surface area (Å²) < 4.78 is 23.1. The Kier molecular flexibility index (Phi) is 3.28. The fraction of sp³-hybridized carbons (Fsp3) is 0.571. The number of carbonyl (C=O) groups excluding carboxylic acids is 1. The molecular formula is C14H18N2O3S. The number of aromatic nitrogens is 1. The molecule has 1 aliphatic heterocycles. The molecule has 6 heteroatoms. The minimum absolute atomic E-state index is 0.0829. The van der Waals surface area contributed by atoms with Gasteiger partial charge >= 0.3 is 0 Å². The monoisotopic (exact) mass is 294 g/mol. The number of nitrogens with zero attached hydrogens (tertiary/aromatic N) is 2. The summed E-state index contributed by atoms with van der Waals surface area (Å²) in [6.07, 6.45) is 5.73. The van der Waals surface area contributed by atoms with Gasteiger partial charge in [0, 0.05) is 42.7 Å². The lowest BCUT2D eigenvalue weighted by Crippen LogP contribution is -2.31. The third kappa shape index (κ3) is 2.70. The molecule has 0 N–H and O–H groups in total. The molecule has 108 valence electrons. The normalized spacial score (nSPS) is 23.1. The van der Waals surface area contributed by atoms with Crippen molar-refractivity contribution >= 4 is 15.7 Å². The maximum Gasteiger partial charge on any atom is 0.254 e. The number of carbonyl (C=O) groups is 1. The Morgan fingerprint density at radius 1 is 1.35 bits per heavy atom. The molecule has 1 saturated carbocycles. The van der Waals surface area contributed by atoms with E-state index in [1.807, 2.05) is 6.07 Å². The molecule has 0 spiro atoms. The van der Waals surface area contributed by atoms with Crippen molar-refractivity contribution in [2.45, 2.75) is 30.4 Å². The molecule has 1 atom stereocenters. The summed E-state index contributed by atoms with van der Waals surface area (Å²) in [4.78, 5) is 18.4. The Morgan fingerprint density at radius 2 is 2.10 bits per heavy atom. The second-order valence-electron chi connectivity index (χ2n) is 5.74. The van der Waals surface area contributed by atoms with E-state index in [-0.39, 0.29) is 5.91 Å². The van der Waals surface area contributed by atoms with Gasteiger partial charge in [-0.3, -0.25) is 9.78 Å². The fourth-order valence-electron chi connectivity index (χ4n) is 2.63. The van der Waals surface area contributed by atoms with Gasteiger partial charge < -0.3 is 4.90 Å². The molecule has 1 aliphatic carbocycles. The predicted octanol–water partition coefficient (Wildman–Crippen LogP) is 1.22. The first-order valence-electron chi connectivity index (χ1n) is 6.89. The van der Waals surface area contributed by atoms with Gasteiger partial charge in [-0.1, -0.05) is 0 Å². The van der Waals surface area contributed by atoms with Gasteiger partial charge in [0.2, 0.25) is 0 Å². The summed E-state index contributed by atoms with van der Waals surface area (Å²) >= 11 is 0. The van der Waals surface area contributed by atoms with E-state index < -0.39 is 15.1 Å². The van der Waals surface area contributed by atoms with Crippen molar-refractivity contribution in [2.75, 3.05) is 19.3 Å². The molecule has 20 heavy (non-hydrogen) atoms. The van der Waals surface area contributed by atoms with Crippen LogP contribution < -0.4 is 0 Å². The fourth-order valence-corrected chi connectivity index (χ4v) is 3.61. The minimum atomic E-state index is -3.07. The molecule has 5 nitrogen and oxygen atoms in total. The number of rotatable bonds is 3. The Bertz CT molecular complexity index is 638. The van der Waals surface area contributed by atoms with Crippen molar-refractivity contribution in [2.24, 2.45) is 0 Å². The smallest absolute Gasteiger partial charge is 0.254 e. The number of likely N-dealkylation sites (tertiary alicyclic amines) is 1. The highest BCUT2D eigenvalue weighted by atomic mass is 32.2. The first-order chi connectivity index (χ1) is 9.45. The standard InChI is InChI=1S/C14H18N2O3S/c1-20(18,19)12-5-7-16(9-12)14(17)11-4-6-15-13(8-11)10-2-3-10/h4,6,8,10,12H,2-3,5,7,9H2,1H3. The Labute approximate surface area is 118 Å². The second-order valence-corrected chi connectivity index (χ2v) is 8.06. The molecule has 0 aromatic carbocycles. The van der Waals surface area contributed by atoms with Crippen LogP contribution >= 0.6 is 0 Å². The van der Waals surface area contributed by atoms with E-state index in [0.717, 1.165) is 18.5 Å². The quantitative estimate of drug-likeness (QED) is 0.840. The highest BCUT2D eigenvalue weighted by Crippen LogP contribution is 2.39. The van der Waals surface area contributed by atoms with Crippen LogP contribution in [0.3, 0.4) is 0 Å². The summed E-state index contributed by atoms with van der Waals surface area (Å²) in [6, 6.07) is 3.57. The highest BCUT2D eigenvalue weighted by Gasteiger charge is 2.33. The number of amides is 1. The minimum Gasteiger partial charge on any atom is -0.337 e. The zero-order chi connectivity index (χ0) is 14.3. The van der Waals surface area contributed by atoms with Crippen LogP contribution in [0.15, 0.2) is 18.3 Å². The van der Waals surface area contributed by atoms with E-state index in [4.69, 9.17) is 0 Å². The maximum atomic E-state index is 12.4. The van der Waals surface area contributed by atoms with Crippen molar-refractivity contribution in [1.29, 1.82) is 0 Å². The number of hydrogen-bond donors (Lipinski definition) is 0. The average molecular weight is 294 g/mol. The summed E-state index contributed by atoms with van der Waals surface area (Å²) in [7, 11) is -3.07. The van der Waals surface area contributed by atoms with E-state index in [9.17, 15) is 13.2 Å². The van der Waals surface area contributed by atoms with Gasteiger partial charge in [-0.2, -0.15) is 0 Å². The van der Waals surface area contributed by atoms with Crippen LogP contribution in [-0.4, -0.2) is 48.8 Å². The molecule has 2 aliphatic rings. The van der Waals surface area contributed by atoms with Crippen molar-refractivity contribution in [3.63, 3.8) is 0 Å². The van der Waals surface area contributed by atoms with Gasteiger partial charge in [-0.25, -0.2) is 8.42 Å². The van der Waals surface area contributed by atoms with Gasteiger partial charge in [0.05, 0.1) is 5.25 Å². The average Bonchev–Trinajstić information content (AvgIpc) is 3.13. The molecule has 2 heterocycles. The zero-order valence-corrected chi connectivity index (χ0v) is 12.3. The predicted molar refractivity (Wildman–Crippen MR) is 75.4 cm³/mol. The SMILES string of the molecule is CS(=O)(=O)C1CCN(C(=O)c2ccnc(C3CC3)c2)C1. The molecule has 3 rings (SSSR count). The Hall–Kier alpha value is -1.43. The van der Waals surface area contributed by atoms with E-state index in [1.54, 1.807) is 17.2 Å². The third-order valence-electron chi connectivity index (χ3n) is 4.06. The molecule has 2 fully saturated rings. The van der Waals surface area contributed by atoms with Gasteiger partial charge in [-0.05, 0) is 31.4 Å². The molecule has 1 aromatic heterocycles. The molecule has 0 bridgehead atoms. The largest absolute Gasteiger partial charge is 0.337 e. The van der Waals surface area contributed by atoms with E-state index in [1.165, 1.54) is 6.26 Å². The summed E-state index contributed by atoms with van der Waals surface area (Å²) in [6.45, 7) is 0.816. The first-order valence-corrected chi connectivity index (χ1v) is 8.84. The lowest BCUT2D eigenvalue weighted by Gasteiger charge is -2.16. The number of pyridine rings is 1. The lowest BCUT2D eigenvalue weighted by atomic mass is 10.1. The third-order valence-corrected chi connectivity index (χ3v) is 5.66. The Balaban J connectivity index is 1.75. The Morgan fingerprint density at radius 3 is 2.70 bits per heavy atom. The molecule has 1 unspecified atom stereocenters. The molecule has 1 aromatic rings. The second kappa shape index (κ2) is 4.84. The van der Waals surface area contributed by atoms with E-state index >= 15 is 0 Å². The van der Waals surface area contributed by atoms with Gasteiger partial charge in [0.25, 0.3) is 5.91 Å². The van der Waals surface area contributed by atoms with Crippen molar-refractivity contribution in [3.8, 4) is 0 Å². The van der Waals surface area contributed by atoms with Crippen LogP contribution in [0.25, 0.3) is 0 Å². The number of sulfone groups is 1. The van der Waals surface area contributed by atoms with Crippen LogP contribution in [-0.2, 0) is 9.84 Å². The lowest BCUT2D eigenvalue weighted by molar-refractivity contribution is 0.0793. The summed E-state index contributed by atoms with van der Waals surface area (Å²) in [5, 5.41) is -0.420. The maximum absolute atomic E-state index is 12.4. The molecule has 1 amide bonds. The van der Waals surface area contributed by atoms with Crippen molar-refractivity contribution < 1.29 is 13.2 Å². The van der Waals surface area contributed by atoms with E-state index in [2.05, 4.69) is 4.98 Å². The van der Waals surface area contributed by atoms with Gasteiger partial charge in [0.1, 0.15) is 0 Å². The van der Waals surface area contributed by atoms with Gasteiger partial charge in [0.15, 0.2) is 9.84 Å². The van der Waals surface area contributed by atoms with Crippen LogP contribution in [0.2, 0.25) is 0 Å². The van der Waals surface area contributed by atoms with Crippen molar-refractivity contribution in [1.82, 2.24) is 9.88 Å². The summed E-state index contributed by atoms with van der Waals surface area (Å²) in [5.74, 6) is 0.422. The molecular weight excluding hydrogens is 276 g/mol. The van der Waals surface area contributed by atoms with Crippen LogP contribution in [0, 0.1) is 0 Å². The molecule has 0 radical (unpaired) electrons. The van der Waals surface area contributed by atoms with Crippen molar-refractivity contribution in [3.05, 3.63) is 29.6 Å². The van der Waals surface area contributed by atoms with Gasteiger partial charge in [-0.15, -0.1) is 0 Å². The first kappa shape index (κ1) is 13.5.